The monoisotopic (exact) mass is 461 g/mol. The number of aryl methyl sites for hydroxylation is 2. The minimum absolute atomic E-state index is 0.0440. The van der Waals surface area contributed by atoms with E-state index in [2.05, 4.69) is 47.4 Å². The number of nitrogens with zero attached hydrogens (tertiary/aromatic N) is 4. The molecule has 3 heterocycles. The molecule has 6 nitrogen and oxygen atoms in total. The lowest BCUT2D eigenvalue weighted by Gasteiger charge is -2.37. The number of nitrogens with one attached hydrogen (secondary N) is 1. The molecule has 0 saturated carbocycles. The molecule has 2 aliphatic heterocycles. The average Bonchev–Trinajstić information content (AvgIpc) is 3.31. The smallest absolute Gasteiger partial charge is 0.257 e. The van der Waals surface area contributed by atoms with Gasteiger partial charge in [-0.3, -0.25) is 4.79 Å². The van der Waals surface area contributed by atoms with E-state index in [4.69, 9.17) is 0 Å². The number of hydrogen-bond acceptors (Lipinski definition) is 4. The Labute approximate surface area is 200 Å². The third-order valence-corrected chi connectivity index (χ3v) is 7.11. The van der Waals surface area contributed by atoms with Gasteiger partial charge in [-0.25, -0.2) is 9.07 Å². The van der Waals surface area contributed by atoms with Crippen LogP contribution >= 0.6 is 0 Å². The van der Waals surface area contributed by atoms with Gasteiger partial charge in [0, 0.05) is 37.8 Å². The summed E-state index contributed by atoms with van der Waals surface area (Å²) in [6, 6.07) is 12.9. The van der Waals surface area contributed by atoms with Crippen LogP contribution in [0.15, 0.2) is 48.7 Å². The second-order valence-electron chi connectivity index (χ2n) is 9.43. The van der Waals surface area contributed by atoms with Crippen LogP contribution in [-0.4, -0.2) is 59.9 Å². The van der Waals surface area contributed by atoms with Crippen LogP contribution in [0.5, 0.6) is 0 Å². The van der Waals surface area contributed by atoms with Gasteiger partial charge in [0.2, 0.25) is 0 Å². The molecule has 7 heteroatoms. The summed E-state index contributed by atoms with van der Waals surface area (Å²) in [5.41, 5.74) is 6.19. The van der Waals surface area contributed by atoms with Crippen LogP contribution in [0.25, 0.3) is 5.69 Å². The SMILES string of the molecule is Cc1ccc(C)c(N2CCN(C(=O)c3cnn(-c4ccc(F)cc4)c3C3CCNCC3)CC2)c1. The van der Waals surface area contributed by atoms with Crippen LogP contribution < -0.4 is 10.2 Å². The van der Waals surface area contributed by atoms with Crippen molar-refractivity contribution in [2.75, 3.05) is 44.2 Å². The van der Waals surface area contributed by atoms with Crippen molar-refractivity contribution < 1.29 is 9.18 Å². The Balaban J connectivity index is 1.39. The quantitative estimate of drug-likeness (QED) is 0.637. The molecule has 2 aliphatic rings. The van der Waals surface area contributed by atoms with Crippen LogP contribution in [-0.2, 0) is 0 Å². The highest BCUT2D eigenvalue weighted by molar-refractivity contribution is 5.95. The molecule has 5 rings (SSSR count). The second-order valence-corrected chi connectivity index (χ2v) is 9.43. The number of halogens is 1. The highest BCUT2D eigenvalue weighted by atomic mass is 19.1. The summed E-state index contributed by atoms with van der Waals surface area (Å²) in [5, 5.41) is 8.01. The van der Waals surface area contributed by atoms with Crippen molar-refractivity contribution in [2.45, 2.75) is 32.6 Å². The van der Waals surface area contributed by atoms with Crippen molar-refractivity contribution >= 4 is 11.6 Å². The number of carbonyl (C=O) groups is 1. The van der Waals surface area contributed by atoms with Gasteiger partial charge >= 0.3 is 0 Å². The first kappa shape index (κ1) is 22.6. The van der Waals surface area contributed by atoms with Crippen LogP contribution in [0.4, 0.5) is 10.1 Å². The van der Waals surface area contributed by atoms with Gasteiger partial charge in [-0.2, -0.15) is 5.10 Å². The van der Waals surface area contributed by atoms with Gasteiger partial charge in [-0.15, -0.1) is 0 Å². The van der Waals surface area contributed by atoms with E-state index < -0.39 is 0 Å². The maximum Gasteiger partial charge on any atom is 0.257 e. The Bertz CT molecular complexity index is 1160. The van der Waals surface area contributed by atoms with Gasteiger partial charge in [0.1, 0.15) is 5.82 Å². The van der Waals surface area contributed by atoms with Crippen molar-refractivity contribution in [3.63, 3.8) is 0 Å². The standard InChI is InChI=1S/C27H32FN5O/c1-19-3-4-20(2)25(17-19)31-13-15-32(16-14-31)27(34)24-18-30-33(23-7-5-22(28)6-8-23)26(24)21-9-11-29-12-10-21/h3-8,17-18,21,29H,9-16H2,1-2H3. The first-order valence-corrected chi connectivity index (χ1v) is 12.2. The molecule has 2 fully saturated rings. The summed E-state index contributed by atoms with van der Waals surface area (Å²) in [5.74, 6) is 0.00355. The molecule has 0 atom stereocenters. The molecule has 3 aromatic rings. The molecule has 0 unspecified atom stereocenters. The number of benzene rings is 2. The molecule has 0 radical (unpaired) electrons. The van der Waals surface area contributed by atoms with Crippen LogP contribution in [0.1, 0.15) is 45.9 Å². The van der Waals surface area contributed by atoms with Crippen LogP contribution in [0, 0.1) is 19.7 Å². The molecular weight excluding hydrogens is 429 g/mol. The average molecular weight is 462 g/mol. The van der Waals surface area contributed by atoms with Crippen molar-refractivity contribution in [2.24, 2.45) is 0 Å². The molecule has 0 aliphatic carbocycles. The Hall–Kier alpha value is -3.19. The highest BCUT2D eigenvalue weighted by Crippen LogP contribution is 2.31. The predicted octanol–water partition coefficient (Wildman–Crippen LogP) is 4.06. The summed E-state index contributed by atoms with van der Waals surface area (Å²) in [4.78, 5) is 18.0. The van der Waals surface area contributed by atoms with E-state index in [1.54, 1.807) is 18.3 Å². The molecule has 2 aromatic carbocycles. The molecule has 2 saturated heterocycles. The zero-order chi connectivity index (χ0) is 23.7. The van der Waals surface area contributed by atoms with Gasteiger partial charge in [-0.05, 0) is 81.2 Å². The lowest BCUT2D eigenvalue weighted by atomic mass is 9.91. The normalized spacial score (nSPS) is 17.3. The zero-order valence-corrected chi connectivity index (χ0v) is 19.9. The number of hydrogen-bond donors (Lipinski definition) is 1. The van der Waals surface area contributed by atoms with Gasteiger partial charge in [0.05, 0.1) is 23.1 Å². The highest BCUT2D eigenvalue weighted by Gasteiger charge is 2.31. The maximum absolute atomic E-state index is 13.7. The fraction of sp³-hybridized carbons (Fsp3) is 0.407. The van der Waals surface area contributed by atoms with Gasteiger partial charge in [0.25, 0.3) is 5.91 Å². The molecule has 178 valence electrons. The first-order chi connectivity index (χ1) is 16.5. The van der Waals surface area contributed by atoms with Gasteiger partial charge in [0.15, 0.2) is 0 Å². The number of aromatic nitrogens is 2. The first-order valence-electron chi connectivity index (χ1n) is 12.2. The Kier molecular flexibility index (Phi) is 6.37. The Morgan fingerprint density at radius 3 is 2.41 bits per heavy atom. The maximum atomic E-state index is 13.7. The topological polar surface area (TPSA) is 53.4 Å². The Morgan fingerprint density at radius 2 is 1.71 bits per heavy atom. The van der Waals surface area contributed by atoms with Crippen molar-refractivity contribution in [1.82, 2.24) is 20.0 Å². The summed E-state index contributed by atoms with van der Waals surface area (Å²) >= 11 is 0. The number of carbonyl (C=O) groups excluding carboxylic acids is 1. The number of rotatable bonds is 4. The Morgan fingerprint density at radius 1 is 1.00 bits per heavy atom. The van der Waals surface area contributed by atoms with Crippen molar-refractivity contribution in [3.8, 4) is 5.69 Å². The van der Waals surface area contributed by atoms with E-state index in [-0.39, 0.29) is 17.6 Å². The fourth-order valence-electron chi connectivity index (χ4n) is 5.18. The van der Waals surface area contributed by atoms with E-state index in [1.165, 1.54) is 28.9 Å². The summed E-state index contributed by atoms with van der Waals surface area (Å²) in [7, 11) is 0. The summed E-state index contributed by atoms with van der Waals surface area (Å²) in [6.45, 7) is 9.07. The van der Waals surface area contributed by atoms with Crippen LogP contribution in [0.3, 0.4) is 0 Å². The van der Waals surface area contributed by atoms with Crippen LogP contribution in [0.2, 0.25) is 0 Å². The molecule has 1 N–H and O–H groups in total. The van der Waals surface area contributed by atoms with Gasteiger partial charge in [-0.1, -0.05) is 12.1 Å². The number of piperidine rings is 1. The minimum Gasteiger partial charge on any atom is -0.368 e. The predicted molar refractivity (Wildman–Crippen MR) is 132 cm³/mol. The van der Waals surface area contributed by atoms with E-state index in [0.717, 1.165) is 50.4 Å². The molecule has 1 amide bonds. The third-order valence-electron chi connectivity index (χ3n) is 7.11. The molecule has 34 heavy (non-hydrogen) atoms. The minimum atomic E-state index is -0.280. The summed E-state index contributed by atoms with van der Waals surface area (Å²) < 4.78 is 15.4. The lowest BCUT2D eigenvalue weighted by molar-refractivity contribution is 0.0744. The molecule has 0 bridgehead atoms. The zero-order valence-electron chi connectivity index (χ0n) is 19.9. The number of anilines is 1. The van der Waals surface area contributed by atoms with Crippen molar-refractivity contribution in [1.29, 1.82) is 0 Å². The van der Waals surface area contributed by atoms with E-state index in [0.29, 0.717) is 18.7 Å². The van der Waals surface area contributed by atoms with E-state index in [1.807, 2.05) is 9.58 Å². The fourth-order valence-corrected chi connectivity index (χ4v) is 5.18. The van der Waals surface area contributed by atoms with E-state index >= 15 is 0 Å². The van der Waals surface area contributed by atoms with Gasteiger partial charge < -0.3 is 15.1 Å². The number of amides is 1. The largest absolute Gasteiger partial charge is 0.368 e. The van der Waals surface area contributed by atoms with E-state index in [9.17, 15) is 9.18 Å². The molecule has 0 spiro atoms. The van der Waals surface area contributed by atoms with Crippen molar-refractivity contribution in [3.05, 3.63) is 76.9 Å². The third kappa shape index (κ3) is 4.44. The molecule has 1 aromatic heterocycles. The number of piperazine rings is 1. The lowest BCUT2D eigenvalue weighted by Crippen LogP contribution is -2.49. The summed E-state index contributed by atoms with van der Waals surface area (Å²) in [6.07, 6.45) is 3.61. The molecular formula is C27H32FN5O. The second kappa shape index (κ2) is 9.58.